The molecule has 118 valence electrons. The Hall–Kier alpha value is -1.89. The van der Waals surface area contributed by atoms with Crippen molar-refractivity contribution in [1.82, 2.24) is 10.2 Å². The van der Waals surface area contributed by atoms with Crippen molar-refractivity contribution in [2.24, 2.45) is 5.41 Å². The van der Waals surface area contributed by atoms with E-state index in [-0.39, 0.29) is 29.7 Å². The van der Waals surface area contributed by atoms with Gasteiger partial charge < -0.3 is 15.1 Å². The summed E-state index contributed by atoms with van der Waals surface area (Å²) < 4.78 is 0. The number of carbonyl (C=O) groups excluding carboxylic acids is 3. The van der Waals surface area contributed by atoms with E-state index in [1.807, 2.05) is 21.7 Å². The van der Waals surface area contributed by atoms with E-state index in [9.17, 15) is 14.4 Å². The Bertz CT molecular complexity index is 601. The minimum atomic E-state index is -0.207. The third kappa shape index (κ3) is 2.85. The molecule has 3 rings (SSSR count). The van der Waals surface area contributed by atoms with Crippen molar-refractivity contribution in [3.8, 4) is 0 Å². The van der Waals surface area contributed by atoms with Gasteiger partial charge in [0.15, 0.2) is 0 Å². The molecule has 3 amide bonds. The molecule has 3 heterocycles. The summed E-state index contributed by atoms with van der Waals surface area (Å²) in [5.41, 5.74) is 0.820. The SMILES string of the molecule is CC(=O)NCC(=O)N1CCC2(CC(=O)N(c3ccsc3)C2)C1. The van der Waals surface area contributed by atoms with E-state index in [2.05, 4.69) is 5.32 Å². The van der Waals surface area contributed by atoms with Gasteiger partial charge in [-0.15, -0.1) is 0 Å². The van der Waals surface area contributed by atoms with Crippen LogP contribution >= 0.6 is 11.3 Å². The van der Waals surface area contributed by atoms with Gasteiger partial charge in [0.25, 0.3) is 0 Å². The smallest absolute Gasteiger partial charge is 0.241 e. The minimum absolute atomic E-state index is 0.0353. The lowest BCUT2D eigenvalue weighted by Gasteiger charge is -2.24. The van der Waals surface area contributed by atoms with Gasteiger partial charge in [0.1, 0.15) is 0 Å². The standard InChI is InChI=1S/C15H19N3O3S/c1-11(19)16-7-14(21)17-4-3-15(9-17)6-13(20)18(10-15)12-2-5-22-8-12/h2,5,8H,3-4,6-7,9-10H2,1H3,(H,16,19). The highest BCUT2D eigenvalue weighted by molar-refractivity contribution is 7.08. The molecule has 1 spiro atoms. The predicted octanol–water partition coefficient (Wildman–Crippen LogP) is 0.840. The summed E-state index contributed by atoms with van der Waals surface area (Å²) >= 11 is 1.58. The molecule has 2 aliphatic rings. The number of nitrogens with one attached hydrogen (secondary N) is 1. The Balaban J connectivity index is 1.63. The normalized spacial score (nSPS) is 24.3. The van der Waals surface area contributed by atoms with Crippen LogP contribution in [0.2, 0.25) is 0 Å². The average molecular weight is 321 g/mol. The summed E-state index contributed by atoms with van der Waals surface area (Å²) in [6.07, 6.45) is 1.33. The van der Waals surface area contributed by atoms with Crippen molar-refractivity contribution in [1.29, 1.82) is 0 Å². The van der Waals surface area contributed by atoms with Crippen LogP contribution in [0.5, 0.6) is 0 Å². The van der Waals surface area contributed by atoms with Gasteiger partial charge in [-0.2, -0.15) is 11.3 Å². The maximum Gasteiger partial charge on any atom is 0.241 e. The summed E-state index contributed by atoms with van der Waals surface area (Å²) in [6, 6.07) is 1.95. The largest absolute Gasteiger partial charge is 0.347 e. The molecule has 0 aromatic carbocycles. The number of rotatable bonds is 3. The van der Waals surface area contributed by atoms with Gasteiger partial charge in [-0.05, 0) is 17.9 Å². The number of carbonyl (C=O) groups is 3. The zero-order valence-corrected chi connectivity index (χ0v) is 13.3. The predicted molar refractivity (Wildman–Crippen MR) is 83.6 cm³/mol. The fourth-order valence-electron chi connectivity index (χ4n) is 3.28. The first-order valence-corrected chi connectivity index (χ1v) is 8.28. The van der Waals surface area contributed by atoms with Crippen LogP contribution in [0, 0.1) is 5.41 Å². The molecule has 2 aliphatic heterocycles. The van der Waals surface area contributed by atoms with Crippen LogP contribution in [0.1, 0.15) is 19.8 Å². The van der Waals surface area contributed by atoms with Crippen molar-refractivity contribution in [2.75, 3.05) is 31.1 Å². The third-order valence-corrected chi connectivity index (χ3v) is 5.09. The van der Waals surface area contributed by atoms with Gasteiger partial charge in [-0.1, -0.05) is 0 Å². The van der Waals surface area contributed by atoms with Crippen molar-refractivity contribution in [3.63, 3.8) is 0 Å². The molecular weight excluding hydrogens is 302 g/mol. The number of likely N-dealkylation sites (tertiary alicyclic amines) is 1. The Morgan fingerprint density at radius 3 is 2.91 bits per heavy atom. The number of anilines is 1. The molecule has 1 aromatic rings. The fraction of sp³-hybridized carbons (Fsp3) is 0.533. The Morgan fingerprint density at radius 2 is 2.23 bits per heavy atom. The second-order valence-electron chi connectivity index (χ2n) is 6.11. The molecule has 0 aliphatic carbocycles. The first kappa shape index (κ1) is 15.0. The number of hydrogen-bond donors (Lipinski definition) is 1. The molecule has 22 heavy (non-hydrogen) atoms. The molecule has 2 fully saturated rings. The monoisotopic (exact) mass is 321 g/mol. The van der Waals surface area contributed by atoms with E-state index >= 15 is 0 Å². The zero-order chi connectivity index (χ0) is 15.7. The first-order valence-electron chi connectivity index (χ1n) is 7.34. The molecule has 2 saturated heterocycles. The van der Waals surface area contributed by atoms with Crippen LogP contribution in [-0.4, -0.2) is 48.8 Å². The highest BCUT2D eigenvalue weighted by Gasteiger charge is 2.48. The minimum Gasteiger partial charge on any atom is -0.347 e. The third-order valence-electron chi connectivity index (χ3n) is 4.42. The van der Waals surface area contributed by atoms with Gasteiger partial charge in [0.05, 0.1) is 12.2 Å². The van der Waals surface area contributed by atoms with Gasteiger partial charge in [-0.25, -0.2) is 0 Å². The molecule has 7 heteroatoms. The van der Waals surface area contributed by atoms with E-state index in [1.54, 1.807) is 16.2 Å². The lowest BCUT2D eigenvalue weighted by molar-refractivity contribution is -0.132. The summed E-state index contributed by atoms with van der Waals surface area (Å²) in [6.45, 7) is 3.36. The van der Waals surface area contributed by atoms with Crippen molar-refractivity contribution in [3.05, 3.63) is 16.8 Å². The highest BCUT2D eigenvalue weighted by Crippen LogP contribution is 2.42. The van der Waals surface area contributed by atoms with E-state index < -0.39 is 0 Å². The molecule has 0 radical (unpaired) electrons. The average Bonchev–Trinajstić information content (AvgIpc) is 3.17. The van der Waals surface area contributed by atoms with Gasteiger partial charge in [0.2, 0.25) is 17.7 Å². The highest BCUT2D eigenvalue weighted by atomic mass is 32.1. The summed E-state index contributed by atoms with van der Waals surface area (Å²) in [7, 11) is 0. The molecule has 1 N–H and O–H groups in total. The van der Waals surface area contributed by atoms with Crippen LogP contribution in [0.25, 0.3) is 0 Å². The van der Waals surface area contributed by atoms with Crippen molar-refractivity contribution < 1.29 is 14.4 Å². The molecule has 0 bridgehead atoms. The molecule has 1 unspecified atom stereocenters. The van der Waals surface area contributed by atoms with Gasteiger partial charge in [0, 0.05) is 43.8 Å². The van der Waals surface area contributed by atoms with Crippen LogP contribution in [0.4, 0.5) is 5.69 Å². The van der Waals surface area contributed by atoms with Crippen LogP contribution in [-0.2, 0) is 14.4 Å². The van der Waals surface area contributed by atoms with E-state index in [0.717, 1.165) is 12.1 Å². The lowest BCUT2D eigenvalue weighted by atomic mass is 9.86. The summed E-state index contributed by atoms with van der Waals surface area (Å²) in [5.74, 6) is -0.148. The zero-order valence-electron chi connectivity index (χ0n) is 12.5. The van der Waals surface area contributed by atoms with E-state index in [4.69, 9.17) is 0 Å². The maximum absolute atomic E-state index is 12.3. The summed E-state index contributed by atoms with van der Waals surface area (Å²) in [5, 5.41) is 6.48. The topological polar surface area (TPSA) is 69.7 Å². The maximum atomic E-state index is 12.3. The number of amides is 3. The molecule has 1 aromatic heterocycles. The lowest BCUT2D eigenvalue weighted by Crippen LogP contribution is -2.40. The second kappa shape index (κ2) is 5.72. The summed E-state index contributed by atoms with van der Waals surface area (Å²) in [4.78, 5) is 38.9. The van der Waals surface area contributed by atoms with Crippen molar-refractivity contribution in [2.45, 2.75) is 19.8 Å². The molecular formula is C15H19N3O3S. The quantitative estimate of drug-likeness (QED) is 0.897. The fourth-order valence-corrected chi connectivity index (χ4v) is 3.92. The van der Waals surface area contributed by atoms with Gasteiger partial charge in [-0.3, -0.25) is 14.4 Å². The number of thiophene rings is 1. The first-order chi connectivity index (χ1) is 10.5. The Kier molecular flexibility index (Phi) is 3.90. The Labute approximate surface area is 133 Å². The second-order valence-corrected chi connectivity index (χ2v) is 6.89. The van der Waals surface area contributed by atoms with Crippen molar-refractivity contribution >= 4 is 34.7 Å². The van der Waals surface area contributed by atoms with Gasteiger partial charge >= 0.3 is 0 Å². The number of hydrogen-bond acceptors (Lipinski definition) is 4. The van der Waals surface area contributed by atoms with Crippen LogP contribution in [0.3, 0.4) is 0 Å². The van der Waals surface area contributed by atoms with Crippen LogP contribution < -0.4 is 10.2 Å². The van der Waals surface area contributed by atoms with Crippen LogP contribution in [0.15, 0.2) is 16.8 Å². The molecule has 6 nitrogen and oxygen atoms in total. The molecule has 0 saturated carbocycles. The van der Waals surface area contributed by atoms with E-state index in [0.29, 0.717) is 26.1 Å². The number of nitrogens with zero attached hydrogens (tertiary/aromatic N) is 2. The Morgan fingerprint density at radius 1 is 1.41 bits per heavy atom. The van der Waals surface area contributed by atoms with E-state index in [1.165, 1.54) is 6.92 Å². The molecule has 1 atom stereocenters.